The summed E-state index contributed by atoms with van der Waals surface area (Å²) in [6.07, 6.45) is 2.36. The Morgan fingerprint density at radius 3 is 2.56 bits per heavy atom. The fourth-order valence-electron chi connectivity index (χ4n) is 0.716. The molecule has 0 atom stereocenters. The van der Waals surface area contributed by atoms with Crippen LogP contribution in [-0.4, -0.2) is 17.2 Å². The summed E-state index contributed by atoms with van der Waals surface area (Å²) in [6, 6.07) is 0.376. The van der Waals surface area contributed by atoms with Gasteiger partial charge in [0.2, 0.25) is 0 Å². The van der Waals surface area contributed by atoms with E-state index in [1.54, 1.807) is 0 Å². The second-order valence-corrected chi connectivity index (χ2v) is 2.20. The van der Waals surface area contributed by atoms with Crippen molar-refractivity contribution in [3.8, 4) is 0 Å². The molecule has 0 spiro atoms. The molecule has 52 valence electrons. The molecule has 9 heavy (non-hydrogen) atoms. The largest absolute Gasteiger partial charge is 0.464 e. The van der Waals surface area contributed by atoms with Gasteiger partial charge in [0.05, 0.1) is 0 Å². The molecule has 0 unspecified atom stereocenters. The summed E-state index contributed by atoms with van der Waals surface area (Å²) in [4.78, 5) is 9.87. The lowest BCUT2D eigenvalue weighted by atomic mass is 9.94. The Morgan fingerprint density at radius 2 is 2.22 bits per heavy atom. The minimum absolute atomic E-state index is 0.376. The third kappa shape index (κ3) is 1.89. The van der Waals surface area contributed by atoms with E-state index in [9.17, 15) is 4.79 Å². The number of rotatable bonds is 2. The van der Waals surface area contributed by atoms with Crippen LogP contribution in [0.3, 0.4) is 0 Å². The molecule has 3 N–H and O–H groups in total. The van der Waals surface area contributed by atoms with Gasteiger partial charge in [-0.05, 0) is 12.8 Å². The third-order valence-electron chi connectivity index (χ3n) is 1.49. The number of hydrogen-bond donors (Lipinski definition) is 3. The van der Waals surface area contributed by atoms with Gasteiger partial charge in [-0.3, -0.25) is 5.43 Å². The Balaban J connectivity index is 1.97. The standard InChI is InChI=1S/C5H10N2O2/c8-5(9)7-6-4-2-1-3-4/h4,6-7H,1-3H2,(H,8,9). The maximum atomic E-state index is 9.87. The van der Waals surface area contributed by atoms with Crippen LogP contribution in [0.5, 0.6) is 0 Å². The molecule has 0 aromatic heterocycles. The van der Waals surface area contributed by atoms with Crippen molar-refractivity contribution in [1.82, 2.24) is 10.9 Å². The van der Waals surface area contributed by atoms with E-state index < -0.39 is 6.09 Å². The van der Waals surface area contributed by atoms with Crippen molar-refractivity contribution in [2.75, 3.05) is 0 Å². The van der Waals surface area contributed by atoms with Crippen molar-refractivity contribution < 1.29 is 9.90 Å². The molecule has 0 heterocycles. The van der Waals surface area contributed by atoms with E-state index in [1.807, 2.05) is 0 Å². The monoisotopic (exact) mass is 130 g/mol. The maximum absolute atomic E-state index is 9.87. The number of hydrazine groups is 1. The molecule has 1 saturated carbocycles. The molecule has 1 rings (SSSR count). The van der Waals surface area contributed by atoms with E-state index in [2.05, 4.69) is 10.9 Å². The average molecular weight is 130 g/mol. The van der Waals surface area contributed by atoms with Gasteiger partial charge < -0.3 is 5.11 Å². The minimum atomic E-state index is -1.01. The van der Waals surface area contributed by atoms with Crippen LogP contribution in [0.4, 0.5) is 4.79 Å². The van der Waals surface area contributed by atoms with Crippen LogP contribution < -0.4 is 10.9 Å². The van der Waals surface area contributed by atoms with Crippen LogP contribution in [0.2, 0.25) is 0 Å². The normalized spacial score (nSPS) is 18.7. The molecule has 0 aromatic carbocycles. The van der Waals surface area contributed by atoms with Crippen LogP contribution in [0.15, 0.2) is 0 Å². The van der Waals surface area contributed by atoms with Gasteiger partial charge in [0, 0.05) is 6.04 Å². The van der Waals surface area contributed by atoms with Crippen LogP contribution in [0.25, 0.3) is 0 Å². The van der Waals surface area contributed by atoms with Gasteiger partial charge in [0.1, 0.15) is 0 Å². The van der Waals surface area contributed by atoms with Gasteiger partial charge in [-0.25, -0.2) is 10.2 Å². The van der Waals surface area contributed by atoms with Gasteiger partial charge in [-0.15, -0.1) is 0 Å². The molecule has 4 heteroatoms. The first-order valence-corrected chi connectivity index (χ1v) is 3.03. The van der Waals surface area contributed by atoms with E-state index in [0.717, 1.165) is 12.8 Å². The van der Waals surface area contributed by atoms with Crippen molar-refractivity contribution in [2.24, 2.45) is 0 Å². The van der Waals surface area contributed by atoms with Gasteiger partial charge in [-0.2, -0.15) is 0 Å². The lowest BCUT2D eigenvalue weighted by Gasteiger charge is -2.25. The topological polar surface area (TPSA) is 61.4 Å². The van der Waals surface area contributed by atoms with Gasteiger partial charge >= 0.3 is 6.09 Å². The summed E-state index contributed by atoms with van der Waals surface area (Å²) >= 11 is 0. The lowest BCUT2D eigenvalue weighted by molar-refractivity contribution is 0.180. The second-order valence-electron chi connectivity index (χ2n) is 2.20. The highest BCUT2D eigenvalue weighted by atomic mass is 16.4. The number of nitrogens with one attached hydrogen (secondary N) is 2. The molecule has 0 aromatic rings. The molecule has 0 aliphatic heterocycles. The van der Waals surface area contributed by atoms with E-state index in [4.69, 9.17) is 5.11 Å². The summed E-state index contributed by atoms with van der Waals surface area (Å²) < 4.78 is 0. The fourth-order valence-corrected chi connectivity index (χ4v) is 0.716. The van der Waals surface area contributed by atoms with E-state index in [0.29, 0.717) is 6.04 Å². The number of hydrogen-bond acceptors (Lipinski definition) is 2. The summed E-state index contributed by atoms with van der Waals surface area (Å²) in [5.74, 6) is 0. The van der Waals surface area contributed by atoms with E-state index in [1.165, 1.54) is 6.42 Å². The number of carbonyl (C=O) groups is 1. The quantitative estimate of drug-likeness (QED) is 0.471. The summed E-state index contributed by atoms with van der Waals surface area (Å²) in [6.45, 7) is 0. The molecule has 1 aliphatic carbocycles. The fraction of sp³-hybridized carbons (Fsp3) is 0.800. The number of carboxylic acid groups (broad SMARTS) is 1. The van der Waals surface area contributed by atoms with Crippen molar-refractivity contribution in [1.29, 1.82) is 0 Å². The molecule has 0 radical (unpaired) electrons. The number of amides is 1. The molecule has 0 saturated heterocycles. The van der Waals surface area contributed by atoms with Gasteiger partial charge in [0.25, 0.3) is 0 Å². The lowest BCUT2D eigenvalue weighted by Crippen LogP contribution is -2.46. The summed E-state index contributed by atoms with van der Waals surface area (Å²) in [5.41, 5.74) is 4.78. The Labute approximate surface area is 53.2 Å². The highest BCUT2D eigenvalue weighted by molar-refractivity contribution is 5.63. The van der Waals surface area contributed by atoms with Crippen molar-refractivity contribution >= 4 is 6.09 Å². The zero-order valence-electron chi connectivity index (χ0n) is 5.05. The molecule has 1 fully saturated rings. The highest BCUT2D eigenvalue weighted by Gasteiger charge is 2.16. The average Bonchev–Trinajstić information content (AvgIpc) is 1.60. The molecular weight excluding hydrogens is 120 g/mol. The summed E-state index contributed by atoms with van der Waals surface area (Å²) in [5, 5.41) is 8.11. The molecule has 1 aliphatic rings. The molecule has 0 bridgehead atoms. The maximum Gasteiger partial charge on any atom is 0.419 e. The van der Waals surface area contributed by atoms with Crippen LogP contribution in [0.1, 0.15) is 19.3 Å². The van der Waals surface area contributed by atoms with E-state index in [-0.39, 0.29) is 0 Å². The minimum Gasteiger partial charge on any atom is -0.464 e. The van der Waals surface area contributed by atoms with Crippen LogP contribution in [0, 0.1) is 0 Å². The molecule has 1 amide bonds. The first kappa shape index (κ1) is 6.35. The van der Waals surface area contributed by atoms with Crippen molar-refractivity contribution in [3.05, 3.63) is 0 Å². The Hall–Kier alpha value is -0.770. The first-order valence-electron chi connectivity index (χ1n) is 3.03. The smallest absolute Gasteiger partial charge is 0.419 e. The predicted molar refractivity (Wildman–Crippen MR) is 31.9 cm³/mol. The molecule has 4 nitrogen and oxygen atoms in total. The van der Waals surface area contributed by atoms with Crippen LogP contribution in [-0.2, 0) is 0 Å². The Kier molecular flexibility index (Phi) is 1.89. The van der Waals surface area contributed by atoms with Gasteiger partial charge in [0.15, 0.2) is 0 Å². The predicted octanol–water partition coefficient (Wildman–Crippen LogP) is 0.311. The Morgan fingerprint density at radius 1 is 1.56 bits per heavy atom. The zero-order valence-corrected chi connectivity index (χ0v) is 5.05. The first-order chi connectivity index (χ1) is 4.29. The Bertz CT molecular complexity index is 112. The zero-order chi connectivity index (χ0) is 6.69. The van der Waals surface area contributed by atoms with Crippen LogP contribution >= 0.6 is 0 Å². The van der Waals surface area contributed by atoms with Crippen molar-refractivity contribution in [3.63, 3.8) is 0 Å². The SMILES string of the molecule is O=C(O)NNC1CCC1. The molecular formula is C5H10N2O2. The third-order valence-corrected chi connectivity index (χ3v) is 1.49. The van der Waals surface area contributed by atoms with Crippen molar-refractivity contribution in [2.45, 2.75) is 25.3 Å². The van der Waals surface area contributed by atoms with Gasteiger partial charge in [-0.1, -0.05) is 6.42 Å². The second kappa shape index (κ2) is 2.68. The highest BCUT2D eigenvalue weighted by Crippen LogP contribution is 2.16. The summed E-state index contributed by atoms with van der Waals surface area (Å²) in [7, 11) is 0. The van der Waals surface area contributed by atoms with E-state index >= 15 is 0 Å².